The third-order valence-electron chi connectivity index (χ3n) is 3.51. The van der Waals surface area contributed by atoms with E-state index < -0.39 is 10.0 Å². The summed E-state index contributed by atoms with van der Waals surface area (Å²) in [5.74, 6) is 0.248. The molecule has 2 rings (SSSR count). The molecule has 1 saturated heterocycles. The van der Waals surface area contributed by atoms with Crippen LogP contribution < -0.4 is 10.0 Å². The van der Waals surface area contributed by atoms with Crippen LogP contribution in [0.5, 0.6) is 0 Å². The van der Waals surface area contributed by atoms with Gasteiger partial charge in [0.15, 0.2) is 0 Å². The molecule has 0 radical (unpaired) electrons. The number of sulfonamides is 1. The van der Waals surface area contributed by atoms with Crippen LogP contribution in [-0.4, -0.2) is 35.2 Å². The third-order valence-corrected chi connectivity index (χ3v) is 5.30. The molecule has 1 aliphatic heterocycles. The second kappa shape index (κ2) is 7.56. The summed E-state index contributed by atoms with van der Waals surface area (Å²) in [6.07, 6.45) is 1.98. The van der Waals surface area contributed by atoms with E-state index in [-0.39, 0.29) is 10.8 Å². The van der Waals surface area contributed by atoms with Gasteiger partial charge in [-0.3, -0.25) is 0 Å². The van der Waals surface area contributed by atoms with Crippen molar-refractivity contribution in [3.8, 4) is 0 Å². The average Bonchev–Trinajstić information content (AvgIpc) is 2.49. The fourth-order valence-electron chi connectivity index (χ4n) is 2.32. The molecule has 1 heterocycles. The number of benzene rings is 1. The Bertz CT molecular complexity index is 572. The van der Waals surface area contributed by atoms with E-state index in [0.717, 1.165) is 25.0 Å². The van der Waals surface area contributed by atoms with Crippen molar-refractivity contribution in [2.45, 2.75) is 24.3 Å². The first-order chi connectivity index (χ1) is 10.0. The van der Waals surface area contributed by atoms with Crippen molar-refractivity contribution in [1.82, 2.24) is 10.0 Å². The van der Waals surface area contributed by atoms with Crippen molar-refractivity contribution in [2.24, 2.45) is 5.92 Å². The van der Waals surface area contributed by atoms with Crippen LogP contribution >= 0.6 is 11.6 Å². The summed E-state index contributed by atoms with van der Waals surface area (Å²) >= 11 is 6.05. The summed E-state index contributed by atoms with van der Waals surface area (Å²) in [4.78, 5) is 0.244. The molecule has 0 saturated carbocycles. The smallest absolute Gasteiger partial charge is 0.240 e. The molecule has 1 aromatic rings. The second-order valence-electron chi connectivity index (χ2n) is 5.22. The molecule has 1 unspecified atom stereocenters. The molecule has 0 spiro atoms. The molecule has 7 heteroatoms. The van der Waals surface area contributed by atoms with Gasteiger partial charge >= 0.3 is 0 Å². The summed E-state index contributed by atoms with van der Waals surface area (Å²) in [6, 6.07) is 4.76. The molecule has 1 atom stereocenters. The summed E-state index contributed by atoms with van der Waals surface area (Å²) in [6.45, 7) is 2.33. The summed E-state index contributed by atoms with van der Waals surface area (Å²) in [5.41, 5.74) is 0.767. The number of halogens is 1. The summed E-state index contributed by atoms with van der Waals surface area (Å²) in [5, 5.41) is 3.53. The number of ether oxygens (including phenoxy) is 1. The Labute approximate surface area is 131 Å². The Balaban J connectivity index is 2.06. The normalized spacial score (nSPS) is 19.6. The molecular weight excluding hydrogens is 312 g/mol. The van der Waals surface area contributed by atoms with Gasteiger partial charge < -0.3 is 10.1 Å². The lowest BCUT2D eigenvalue weighted by Gasteiger charge is -2.22. The van der Waals surface area contributed by atoms with E-state index in [4.69, 9.17) is 16.3 Å². The minimum absolute atomic E-state index is 0.244. The van der Waals surface area contributed by atoms with Gasteiger partial charge in [0, 0.05) is 24.7 Å². The fraction of sp³-hybridized carbons (Fsp3) is 0.571. The first-order valence-electron chi connectivity index (χ1n) is 7.03. The van der Waals surface area contributed by atoms with Crippen molar-refractivity contribution < 1.29 is 13.2 Å². The molecule has 1 fully saturated rings. The van der Waals surface area contributed by atoms with Gasteiger partial charge in [-0.05, 0) is 49.6 Å². The standard InChI is InChI=1S/C14H21ClN2O3S/c1-16-9-12-7-13(4-5-14(12)15)21(18,19)17-8-11-3-2-6-20-10-11/h4-5,7,11,16-17H,2-3,6,8-10H2,1H3. The Hall–Kier alpha value is -0.660. The molecule has 0 aliphatic carbocycles. The maximum atomic E-state index is 12.3. The molecular formula is C14H21ClN2O3S. The molecule has 118 valence electrons. The van der Waals surface area contributed by atoms with Crippen molar-refractivity contribution in [3.63, 3.8) is 0 Å². The van der Waals surface area contributed by atoms with Gasteiger partial charge in [-0.15, -0.1) is 0 Å². The SMILES string of the molecule is CNCc1cc(S(=O)(=O)NCC2CCCOC2)ccc1Cl. The highest BCUT2D eigenvalue weighted by Gasteiger charge is 2.19. The zero-order chi connectivity index (χ0) is 15.3. The quantitative estimate of drug-likeness (QED) is 0.833. The minimum Gasteiger partial charge on any atom is -0.381 e. The van der Waals surface area contributed by atoms with Gasteiger partial charge in [0.25, 0.3) is 0 Å². The number of hydrogen-bond acceptors (Lipinski definition) is 4. The Morgan fingerprint density at radius 2 is 2.24 bits per heavy atom. The van der Waals surface area contributed by atoms with E-state index >= 15 is 0 Å². The van der Waals surface area contributed by atoms with Gasteiger partial charge in [-0.2, -0.15) is 0 Å². The van der Waals surface area contributed by atoms with Gasteiger partial charge in [0.05, 0.1) is 11.5 Å². The van der Waals surface area contributed by atoms with Crippen LogP contribution in [0, 0.1) is 5.92 Å². The van der Waals surface area contributed by atoms with Crippen LogP contribution in [0.1, 0.15) is 18.4 Å². The largest absolute Gasteiger partial charge is 0.381 e. The van der Waals surface area contributed by atoms with Crippen molar-refractivity contribution in [2.75, 3.05) is 26.8 Å². The molecule has 0 aromatic heterocycles. The van der Waals surface area contributed by atoms with Gasteiger partial charge in [0.2, 0.25) is 10.0 Å². The summed E-state index contributed by atoms with van der Waals surface area (Å²) < 4.78 is 32.7. The number of nitrogens with one attached hydrogen (secondary N) is 2. The Morgan fingerprint density at radius 1 is 1.43 bits per heavy atom. The molecule has 0 amide bonds. The van der Waals surface area contributed by atoms with Gasteiger partial charge in [0.1, 0.15) is 0 Å². The third kappa shape index (κ3) is 4.66. The fourth-order valence-corrected chi connectivity index (χ4v) is 3.67. The molecule has 0 bridgehead atoms. The van der Waals surface area contributed by atoms with E-state index in [1.165, 1.54) is 6.07 Å². The predicted octanol–water partition coefficient (Wildman–Crippen LogP) is 1.76. The van der Waals surface area contributed by atoms with E-state index in [1.54, 1.807) is 19.2 Å². The number of hydrogen-bond donors (Lipinski definition) is 2. The monoisotopic (exact) mass is 332 g/mol. The predicted molar refractivity (Wildman–Crippen MR) is 82.9 cm³/mol. The van der Waals surface area contributed by atoms with Crippen LogP contribution in [0.25, 0.3) is 0 Å². The molecule has 1 aromatic carbocycles. The van der Waals surface area contributed by atoms with Gasteiger partial charge in [-0.25, -0.2) is 13.1 Å². The molecule has 2 N–H and O–H groups in total. The minimum atomic E-state index is -3.51. The maximum Gasteiger partial charge on any atom is 0.240 e. The van der Waals surface area contributed by atoms with Crippen molar-refractivity contribution >= 4 is 21.6 Å². The highest BCUT2D eigenvalue weighted by atomic mass is 35.5. The molecule has 5 nitrogen and oxygen atoms in total. The zero-order valence-electron chi connectivity index (χ0n) is 12.1. The molecule has 1 aliphatic rings. The molecule has 21 heavy (non-hydrogen) atoms. The second-order valence-corrected chi connectivity index (χ2v) is 7.39. The number of rotatable bonds is 6. The van der Waals surface area contributed by atoms with Gasteiger partial charge in [-0.1, -0.05) is 11.6 Å². The van der Waals surface area contributed by atoms with E-state index in [1.807, 2.05) is 0 Å². The van der Waals surface area contributed by atoms with E-state index in [9.17, 15) is 8.42 Å². The average molecular weight is 333 g/mol. The zero-order valence-corrected chi connectivity index (χ0v) is 13.6. The highest BCUT2D eigenvalue weighted by Crippen LogP contribution is 2.21. The lowest BCUT2D eigenvalue weighted by Crippen LogP contribution is -2.33. The Morgan fingerprint density at radius 3 is 2.90 bits per heavy atom. The van der Waals surface area contributed by atoms with Crippen LogP contribution in [0.2, 0.25) is 5.02 Å². The Kier molecular flexibility index (Phi) is 6.01. The lowest BCUT2D eigenvalue weighted by atomic mass is 10.0. The first kappa shape index (κ1) is 16.7. The van der Waals surface area contributed by atoms with Crippen molar-refractivity contribution in [3.05, 3.63) is 28.8 Å². The summed E-state index contributed by atoms with van der Waals surface area (Å²) in [7, 11) is -1.72. The van der Waals surface area contributed by atoms with Crippen LogP contribution in [0.4, 0.5) is 0 Å². The lowest BCUT2D eigenvalue weighted by molar-refractivity contribution is 0.0568. The van der Waals surface area contributed by atoms with E-state index in [0.29, 0.717) is 24.7 Å². The first-order valence-corrected chi connectivity index (χ1v) is 8.89. The van der Waals surface area contributed by atoms with Crippen molar-refractivity contribution in [1.29, 1.82) is 0 Å². The highest BCUT2D eigenvalue weighted by molar-refractivity contribution is 7.89. The van der Waals surface area contributed by atoms with Crippen LogP contribution in [-0.2, 0) is 21.3 Å². The van der Waals surface area contributed by atoms with E-state index in [2.05, 4.69) is 10.0 Å². The van der Waals surface area contributed by atoms with Crippen LogP contribution in [0.15, 0.2) is 23.1 Å². The van der Waals surface area contributed by atoms with Crippen LogP contribution in [0.3, 0.4) is 0 Å². The topological polar surface area (TPSA) is 67.4 Å². The maximum absolute atomic E-state index is 12.3.